The van der Waals surface area contributed by atoms with Crippen molar-refractivity contribution in [2.24, 2.45) is 5.92 Å². The third kappa shape index (κ3) is 3.16. The highest BCUT2D eigenvalue weighted by molar-refractivity contribution is 9.08. The van der Waals surface area contributed by atoms with Crippen LogP contribution in [0.25, 0.3) is 0 Å². The average Bonchev–Trinajstić information content (AvgIpc) is 2.18. The summed E-state index contributed by atoms with van der Waals surface area (Å²) in [6, 6.07) is 8.26. The minimum absolute atomic E-state index is 0.0365. The first-order valence-corrected chi connectivity index (χ1v) is 6.33. The third-order valence-electron chi connectivity index (χ3n) is 2.60. The Morgan fingerprint density at radius 1 is 1.27 bits per heavy atom. The summed E-state index contributed by atoms with van der Waals surface area (Å²) in [5.74, 6) is 0.642. The molecule has 0 saturated carbocycles. The molecule has 0 heterocycles. The van der Waals surface area contributed by atoms with Crippen molar-refractivity contribution < 1.29 is 4.79 Å². The van der Waals surface area contributed by atoms with Crippen molar-refractivity contribution in [3.05, 3.63) is 35.4 Å². The second-order valence-corrected chi connectivity index (χ2v) is 4.77. The Labute approximate surface area is 100 Å². The predicted octanol–water partition coefficient (Wildman–Crippen LogP) is 3.91. The van der Waals surface area contributed by atoms with Gasteiger partial charge in [-0.15, -0.1) is 0 Å². The summed E-state index contributed by atoms with van der Waals surface area (Å²) < 4.78 is 0. The van der Waals surface area contributed by atoms with E-state index in [1.54, 1.807) is 6.92 Å². The van der Waals surface area contributed by atoms with Gasteiger partial charge in [0.25, 0.3) is 0 Å². The molecule has 15 heavy (non-hydrogen) atoms. The summed E-state index contributed by atoms with van der Waals surface area (Å²) in [5, 5.41) is 0.861. The maximum Gasteiger partial charge on any atom is 0.137 e. The van der Waals surface area contributed by atoms with Crippen LogP contribution in [0.1, 0.15) is 37.8 Å². The van der Waals surface area contributed by atoms with E-state index in [1.807, 2.05) is 0 Å². The summed E-state index contributed by atoms with van der Waals surface area (Å²) in [6.45, 7) is 5.85. The van der Waals surface area contributed by atoms with Crippen LogP contribution in [0.5, 0.6) is 0 Å². The molecule has 0 bridgehead atoms. The Morgan fingerprint density at radius 2 is 1.80 bits per heavy atom. The van der Waals surface area contributed by atoms with Crippen LogP contribution in [0.15, 0.2) is 24.3 Å². The molecule has 82 valence electrons. The fourth-order valence-electron chi connectivity index (χ4n) is 1.90. The lowest BCUT2D eigenvalue weighted by molar-refractivity contribution is -0.119. The minimum Gasteiger partial charge on any atom is -0.299 e. The summed E-state index contributed by atoms with van der Waals surface area (Å²) in [5.41, 5.74) is 2.37. The lowest BCUT2D eigenvalue weighted by atomic mass is 9.85. The number of carbonyl (C=O) groups excluding carboxylic acids is 1. The molecule has 1 atom stereocenters. The summed E-state index contributed by atoms with van der Waals surface area (Å²) in [6.07, 6.45) is 0. The van der Waals surface area contributed by atoms with Gasteiger partial charge in [0.1, 0.15) is 5.78 Å². The molecule has 1 nitrogen and oxygen atoms in total. The van der Waals surface area contributed by atoms with Crippen molar-refractivity contribution in [1.82, 2.24) is 0 Å². The van der Waals surface area contributed by atoms with Gasteiger partial charge in [0.05, 0.1) is 0 Å². The Kier molecular flexibility index (Phi) is 4.52. The number of Topliss-reactive ketones (excluding diaryl/α,β-unsaturated/α-hetero) is 1. The average molecular weight is 269 g/mol. The quantitative estimate of drug-likeness (QED) is 0.757. The maximum atomic E-state index is 11.5. The molecule has 1 aromatic carbocycles. The molecule has 0 saturated heterocycles. The zero-order valence-corrected chi connectivity index (χ0v) is 11.0. The highest BCUT2D eigenvalue weighted by atomic mass is 79.9. The van der Waals surface area contributed by atoms with Gasteiger partial charge in [0.2, 0.25) is 0 Å². The smallest absolute Gasteiger partial charge is 0.137 e. The first kappa shape index (κ1) is 12.4. The van der Waals surface area contributed by atoms with Crippen LogP contribution in [0, 0.1) is 5.92 Å². The first-order chi connectivity index (χ1) is 7.06. The van der Waals surface area contributed by atoms with E-state index in [4.69, 9.17) is 0 Å². The molecule has 0 aliphatic carbocycles. The third-order valence-corrected chi connectivity index (χ3v) is 3.25. The Balaban J connectivity index is 2.97. The number of carbonyl (C=O) groups is 1. The van der Waals surface area contributed by atoms with E-state index in [2.05, 4.69) is 54.0 Å². The second kappa shape index (κ2) is 5.45. The predicted molar refractivity (Wildman–Crippen MR) is 67.3 cm³/mol. The minimum atomic E-state index is 0.0365. The van der Waals surface area contributed by atoms with Crippen molar-refractivity contribution in [3.8, 4) is 0 Å². The van der Waals surface area contributed by atoms with Crippen LogP contribution in [-0.2, 0) is 10.1 Å². The molecule has 0 aromatic heterocycles. The first-order valence-electron chi connectivity index (χ1n) is 5.21. The Morgan fingerprint density at radius 3 is 2.13 bits per heavy atom. The van der Waals surface area contributed by atoms with E-state index in [0.29, 0.717) is 5.92 Å². The number of ketones is 1. The maximum absolute atomic E-state index is 11.5. The standard InChI is InChI=1S/C13H17BrO/c1-9(2)13(10(3)15)12-6-4-11(8-14)5-7-12/h4-7,9,13H,8H2,1-3H3. The molecule has 1 unspecified atom stereocenters. The zero-order chi connectivity index (χ0) is 11.4. The fraction of sp³-hybridized carbons (Fsp3) is 0.462. The normalized spacial score (nSPS) is 12.9. The molecule has 1 rings (SSSR count). The van der Waals surface area contributed by atoms with Gasteiger partial charge < -0.3 is 0 Å². The van der Waals surface area contributed by atoms with Crippen LogP contribution < -0.4 is 0 Å². The van der Waals surface area contributed by atoms with Gasteiger partial charge in [-0.05, 0) is 24.0 Å². The molecule has 0 amide bonds. The molecule has 1 aromatic rings. The summed E-state index contributed by atoms with van der Waals surface area (Å²) in [7, 11) is 0. The zero-order valence-electron chi connectivity index (χ0n) is 9.46. The second-order valence-electron chi connectivity index (χ2n) is 4.21. The highest BCUT2D eigenvalue weighted by Gasteiger charge is 2.20. The molecule has 0 aliphatic heterocycles. The van der Waals surface area contributed by atoms with E-state index < -0.39 is 0 Å². The van der Waals surface area contributed by atoms with Crippen molar-refractivity contribution in [1.29, 1.82) is 0 Å². The molecular weight excluding hydrogens is 252 g/mol. The molecule has 0 aliphatic rings. The molecule has 0 spiro atoms. The van der Waals surface area contributed by atoms with Crippen LogP contribution in [0.3, 0.4) is 0 Å². The number of halogens is 1. The van der Waals surface area contributed by atoms with Crippen molar-refractivity contribution in [2.75, 3.05) is 0 Å². The fourth-order valence-corrected chi connectivity index (χ4v) is 2.28. The van der Waals surface area contributed by atoms with Crippen molar-refractivity contribution >= 4 is 21.7 Å². The van der Waals surface area contributed by atoms with E-state index in [1.165, 1.54) is 5.56 Å². The van der Waals surface area contributed by atoms with Gasteiger partial charge in [-0.1, -0.05) is 54.0 Å². The van der Waals surface area contributed by atoms with Crippen LogP contribution in [-0.4, -0.2) is 5.78 Å². The van der Waals surface area contributed by atoms with E-state index in [0.717, 1.165) is 10.9 Å². The molecule has 0 radical (unpaired) electrons. The number of alkyl halides is 1. The summed E-state index contributed by atoms with van der Waals surface area (Å²) in [4.78, 5) is 11.5. The van der Waals surface area contributed by atoms with Gasteiger partial charge in [0.15, 0.2) is 0 Å². The number of rotatable bonds is 4. The van der Waals surface area contributed by atoms with Gasteiger partial charge in [-0.3, -0.25) is 4.79 Å². The summed E-state index contributed by atoms with van der Waals surface area (Å²) >= 11 is 3.41. The van der Waals surface area contributed by atoms with Crippen molar-refractivity contribution in [2.45, 2.75) is 32.0 Å². The SMILES string of the molecule is CC(=O)C(c1ccc(CBr)cc1)C(C)C. The van der Waals surface area contributed by atoms with E-state index in [-0.39, 0.29) is 11.7 Å². The Bertz CT molecular complexity index is 327. The van der Waals surface area contributed by atoms with Gasteiger partial charge >= 0.3 is 0 Å². The highest BCUT2D eigenvalue weighted by Crippen LogP contribution is 2.25. The van der Waals surface area contributed by atoms with Crippen molar-refractivity contribution in [3.63, 3.8) is 0 Å². The molecule has 0 fully saturated rings. The Hall–Kier alpha value is -0.630. The van der Waals surface area contributed by atoms with Gasteiger partial charge in [0, 0.05) is 11.2 Å². The van der Waals surface area contributed by atoms with Crippen LogP contribution in [0.2, 0.25) is 0 Å². The van der Waals surface area contributed by atoms with Crippen LogP contribution >= 0.6 is 15.9 Å². The molecular formula is C13H17BrO. The number of benzene rings is 1. The lowest BCUT2D eigenvalue weighted by Gasteiger charge is -2.18. The lowest BCUT2D eigenvalue weighted by Crippen LogP contribution is -2.15. The van der Waals surface area contributed by atoms with E-state index in [9.17, 15) is 4.79 Å². The van der Waals surface area contributed by atoms with Crippen LogP contribution in [0.4, 0.5) is 0 Å². The topological polar surface area (TPSA) is 17.1 Å². The number of hydrogen-bond acceptors (Lipinski definition) is 1. The van der Waals surface area contributed by atoms with Gasteiger partial charge in [-0.2, -0.15) is 0 Å². The molecule has 2 heteroatoms. The largest absolute Gasteiger partial charge is 0.299 e. The van der Waals surface area contributed by atoms with Gasteiger partial charge in [-0.25, -0.2) is 0 Å². The molecule has 0 N–H and O–H groups in total. The number of hydrogen-bond donors (Lipinski definition) is 0. The monoisotopic (exact) mass is 268 g/mol. The van der Waals surface area contributed by atoms with E-state index >= 15 is 0 Å².